The average Bonchev–Trinajstić information content (AvgIpc) is 2.85. The van der Waals surface area contributed by atoms with E-state index in [4.69, 9.17) is 5.11 Å². The number of rotatable bonds is 4. The van der Waals surface area contributed by atoms with E-state index >= 15 is 0 Å². The molecule has 2 aromatic rings. The van der Waals surface area contributed by atoms with E-state index in [0.29, 0.717) is 17.8 Å². The minimum atomic E-state index is -1.16. The first-order chi connectivity index (χ1) is 9.86. The van der Waals surface area contributed by atoms with Gasteiger partial charge in [0.15, 0.2) is 5.69 Å². The van der Waals surface area contributed by atoms with E-state index in [9.17, 15) is 14.4 Å². The fraction of sp³-hybridized carbons (Fsp3) is 0.417. The highest BCUT2D eigenvalue weighted by molar-refractivity contribution is 5.86. The molecule has 21 heavy (non-hydrogen) atoms. The van der Waals surface area contributed by atoms with E-state index in [2.05, 4.69) is 10.3 Å². The van der Waals surface area contributed by atoms with Gasteiger partial charge in [-0.2, -0.15) is 0 Å². The number of hydrogen-bond donors (Lipinski definition) is 1. The standard InChI is InChI=1S/C12H15N5O4/c1-4-8-10(11(19)20)13-14-17(8)6-7-5-9(18)16(3)12(21)15(7)2/h5H,4,6H2,1-3H3,(H,19,20). The lowest BCUT2D eigenvalue weighted by Crippen LogP contribution is -2.38. The highest BCUT2D eigenvalue weighted by Crippen LogP contribution is 2.08. The molecule has 0 spiro atoms. The van der Waals surface area contributed by atoms with Crippen molar-refractivity contribution in [2.24, 2.45) is 14.1 Å². The topological polar surface area (TPSA) is 112 Å². The van der Waals surface area contributed by atoms with Gasteiger partial charge in [-0.15, -0.1) is 5.10 Å². The van der Waals surface area contributed by atoms with E-state index in [1.165, 1.54) is 29.4 Å². The van der Waals surface area contributed by atoms with Gasteiger partial charge in [-0.05, 0) is 6.42 Å². The van der Waals surface area contributed by atoms with Gasteiger partial charge in [-0.1, -0.05) is 12.1 Å². The van der Waals surface area contributed by atoms with Crippen molar-refractivity contribution in [2.45, 2.75) is 19.9 Å². The van der Waals surface area contributed by atoms with Crippen molar-refractivity contribution in [3.8, 4) is 0 Å². The molecular weight excluding hydrogens is 278 g/mol. The smallest absolute Gasteiger partial charge is 0.358 e. The highest BCUT2D eigenvalue weighted by atomic mass is 16.4. The summed E-state index contributed by atoms with van der Waals surface area (Å²) in [6, 6.07) is 1.32. The summed E-state index contributed by atoms with van der Waals surface area (Å²) < 4.78 is 3.70. The monoisotopic (exact) mass is 293 g/mol. The molecule has 0 aromatic carbocycles. The molecule has 0 radical (unpaired) electrons. The Kier molecular flexibility index (Phi) is 3.74. The third-order valence-corrected chi connectivity index (χ3v) is 3.31. The van der Waals surface area contributed by atoms with Crippen molar-refractivity contribution >= 4 is 5.97 Å². The van der Waals surface area contributed by atoms with Crippen LogP contribution in [-0.2, 0) is 27.1 Å². The van der Waals surface area contributed by atoms with Crippen LogP contribution in [0.3, 0.4) is 0 Å². The normalized spacial score (nSPS) is 10.8. The first kappa shape index (κ1) is 14.7. The number of nitrogens with zero attached hydrogens (tertiary/aromatic N) is 5. The molecule has 0 aliphatic rings. The molecule has 9 heteroatoms. The third kappa shape index (κ3) is 2.49. The lowest BCUT2D eigenvalue weighted by Gasteiger charge is -2.10. The van der Waals surface area contributed by atoms with Crippen LogP contribution in [0.5, 0.6) is 0 Å². The maximum atomic E-state index is 11.9. The Balaban J connectivity index is 2.51. The summed E-state index contributed by atoms with van der Waals surface area (Å²) in [7, 11) is 2.93. The minimum Gasteiger partial charge on any atom is -0.476 e. The van der Waals surface area contributed by atoms with E-state index < -0.39 is 17.2 Å². The van der Waals surface area contributed by atoms with Gasteiger partial charge in [0, 0.05) is 25.9 Å². The number of carbonyl (C=O) groups is 1. The van der Waals surface area contributed by atoms with Gasteiger partial charge < -0.3 is 5.11 Å². The molecule has 1 N–H and O–H groups in total. The number of hydrogen-bond acceptors (Lipinski definition) is 5. The predicted octanol–water partition coefficient (Wildman–Crippen LogP) is -1.02. The molecule has 9 nitrogen and oxygen atoms in total. The first-order valence-electron chi connectivity index (χ1n) is 6.28. The molecule has 0 fully saturated rings. The Bertz CT molecular complexity index is 814. The second-order valence-corrected chi connectivity index (χ2v) is 4.58. The number of aromatic nitrogens is 5. The Morgan fingerprint density at radius 1 is 1.29 bits per heavy atom. The summed E-state index contributed by atoms with van der Waals surface area (Å²) in [5.74, 6) is -1.16. The Hall–Kier alpha value is -2.71. The number of aromatic carboxylic acids is 1. The van der Waals surface area contributed by atoms with E-state index in [-0.39, 0.29) is 12.2 Å². The van der Waals surface area contributed by atoms with Gasteiger partial charge in [-0.25, -0.2) is 14.3 Å². The van der Waals surface area contributed by atoms with Gasteiger partial charge in [-0.3, -0.25) is 13.9 Å². The third-order valence-electron chi connectivity index (χ3n) is 3.31. The van der Waals surface area contributed by atoms with Crippen molar-refractivity contribution in [1.29, 1.82) is 0 Å². The van der Waals surface area contributed by atoms with Crippen molar-refractivity contribution < 1.29 is 9.90 Å². The lowest BCUT2D eigenvalue weighted by atomic mass is 10.2. The van der Waals surface area contributed by atoms with Crippen LogP contribution < -0.4 is 11.2 Å². The summed E-state index contributed by atoms with van der Waals surface area (Å²) in [6.45, 7) is 1.88. The molecule has 0 bridgehead atoms. The molecule has 0 amide bonds. The van der Waals surface area contributed by atoms with E-state index in [0.717, 1.165) is 4.57 Å². The van der Waals surface area contributed by atoms with E-state index in [1.54, 1.807) is 6.92 Å². The van der Waals surface area contributed by atoms with Gasteiger partial charge in [0.2, 0.25) is 0 Å². The number of carboxylic acid groups (broad SMARTS) is 1. The van der Waals surface area contributed by atoms with Crippen LogP contribution in [0.15, 0.2) is 15.7 Å². The van der Waals surface area contributed by atoms with Gasteiger partial charge in [0.25, 0.3) is 5.56 Å². The zero-order valence-electron chi connectivity index (χ0n) is 11.9. The van der Waals surface area contributed by atoms with Crippen molar-refractivity contribution in [3.05, 3.63) is 44.0 Å². The summed E-state index contributed by atoms with van der Waals surface area (Å²) in [6.07, 6.45) is 0.424. The molecule has 2 heterocycles. The Labute approximate surface area is 119 Å². The fourth-order valence-electron chi connectivity index (χ4n) is 2.06. The summed E-state index contributed by atoms with van der Waals surface area (Å²) in [5, 5.41) is 16.4. The molecule has 2 aromatic heterocycles. The molecule has 0 aliphatic carbocycles. The van der Waals surface area contributed by atoms with Crippen LogP contribution in [0.1, 0.15) is 28.8 Å². The largest absolute Gasteiger partial charge is 0.476 e. The first-order valence-corrected chi connectivity index (χ1v) is 6.28. The van der Waals surface area contributed by atoms with Crippen LogP contribution in [0, 0.1) is 0 Å². The maximum absolute atomic E-state index is 11.9. The molecule has 0 atom stereocenters. The number of carboxylic acids is 1. The predicted molar refractivity (Wildman–Crippen MR) is 72.4 cm³/mol. The zero-order valence-corrected chi connectivity index (χ0v) is 11.9. The maximum Gasteiger partial charge on any atom is 0.358 e. The van der Waals surface area contributed by atoms with E-state index in [1.807, 2.05) is 0 Å². The van der Waals surface area contributed by atoms with Crippen LogP contribution in [0.2, 0.25) is 0 Å². The molecule has 0 saturated carbocycles. The quantitative estimate of drug-likeness (QED) is 0.772. The molecule has 2 rings (SSSR count). The molecule has 0 unspecified atom stereocenters. The lowest BCUT2D eigenvalue weighted by molar-refractivity contribution is 0.0689. The summed E-state index contributed by atoms with van der Waals surface area (Å²) in [4.78, 5) is 34.6. The molecule has 0 saturated heterocycles. The average molecular weight is 293 g/mol. The molecular formula is C12H15N5O4. The SMILES string of the molecule is CCc1c(C(=O)O)nnn1Cc1cc(=O)n(C)c(=O)n1C. The van der Waals surface area contributed by atoms with Crippen molar-refractivity contribution in [1.82, 2.24) is 24.1 Å². The second kappa shape index (κ2) is 5.35. The van der Waals surface area contributed by atoms with Crippen LogP contribution >= 0.6 is 0 Å². The van der Waals surface area contributed by atoms with Crippen molar-refractivity contribution in [3.63, 3.8) is 0 Å². The minimum absolute atomic E-state index is 0.102. The Morgan fingerprint density at radius 3 is 2.52 bits per heavy atom. The summed E-state index contributed by atoms with van der Waals surface area (Å²) in [5.41, 5.74) is -0.125. The van der Waals surface area contributed by atoms with Crippen LogP contribution in [0.25, 0.3) is 0 Å². The van der Waals surface area contributed by atoms with Crippen molar-refractivity contribution in [2.75, 3.05) is 0 Å². The highest BCUT2D eigenvalue weighted by Gasteiger charge is 2.18. The Morgan fingerprint density at radius 2 is 1.95 bits per heavy atom. The second-order valence-electron chi connectivity index (χ2n) is 4.58. The zero-order chi connectivity index (χ0) is 15.7. The fourth-order valence-corrected chi connectivity index (χ4v) is 2.06. The van der Waals surface area contributed by atoms with Gasteiger partial charge in [0.05, 0.1) is 12.2 Å². The van der Waals surface area contributed by atoms with Gasteiger partial charge >= 0.3 is 11.7 Å². The van der Waals surface area contributed by atoms with Crippen LogP contribution in [-0.4, -0.2) is 35.2 Å². The molecule has 112 valence electrons. The van der Waals surface area contributed by atoms with Crippen LogP contribution in [0.4, 0.5) is 0 Å². The molecule has 0 aliphatic heterocycles. The van der Waals surface area contributed by atoms with Gasteiger partial charge in [0.1, 0.15) is 0 Å². The summed E-state index contributed by atoms with van der Waals surface area (Å²) >= 11 is 0.